The quantitative estimate of drug-likeness (QED) is 0.237. The van der Waals surface area contributed by atoms with Crippen molar-refractivity contribution in [3.8, 4) is 0 Å². The molecule has 0 spiro atoms. The second-order valence-electron chi connectivity index (χ2n) is 6.87. The highest BCUT2D eigenvalue weighted by atomic mass is 16.6. The molecule has 1 heterocycles. The third kappa shape index (κ3) is 4.56. The van der Waals surface area contributed by atoms with Crippen LogP contribution in [0.5, 0.6) is 0 Å². The van der Waals surface area contributed by atoms with Crippen LogP contribution in [0.15, 0.2) is 56.8 Å². The SMILES string of the molecule is CCN(CC)c1ccc2cc(C(C)=NNc3ccc([N+](=O)[O-])cc3[N+](=O)[O-])c(=O)oc2c1. The van der Waals surface area contributed by atoms with Crippen molar-refractivity contribution in [3.05, 3.63) is 78.7 Å². The first-order valence-corrected chi connectivity index (χ1v) is 9.81. The van der Waals surface area contributed by atoms with E-state index in [-0.39, 0.29) is 17.0 Å². The van der Waals surface area contributed by atoms with Crippen molar-refractivity contribution >= 4 is 39.4 Å². The van der Waals surface area contributed by atoms with Gasteiger partial charge in [0.1, 0.15) is 11.3 Å². The number of nitrogens with zero attached hydrogens (tertiary/aromatic N) is 4. The van der Waals surface area contributed by atoms with E-state index in [1.165, 1.54) is 6.07 Å². The minimum atomic E-state index is -0.752. The van der Waals surface area contributed by atoms with Crippen LogP contribution in [0, 0.1) is 20.2 Å². The molecule has 1 N–H and O–H groups in total. The summed E-state index contributed by atoms with van der Waals surface area (Å²) in [5, 5.41) is 26.9. The Kier molecular flexibility index (Phi) is 6.47. The lowest BCUT2D eigenvalue weighted by Crippen LogP contribution is -2.21. The number of rotatable bonds is 8. The number of hydrogen-bond acceptors (Lipinski definition) is 9. The zero-order valence-corrected chi connectivity index (χ0v) is 17.7. The van der Waals surface area contributed by atoms with E-state index in [4.69, 9.17) is 4.42 Å². The van der Waals surface area contributed by atoms with E-state index < -0.39 is 26.8 Å². The first kappa shape index (κ1) is 22.4. The molecule has 0 amide bonds. The van der Waals surface area contributed by atoms with Crippen LogP contribution in [0.4, 0.5) is 22.7 Å². The van der Waals surface area contributed by atoms with Crippen LogP contribution >= 0.6 is 0 Å². The van der Waals surface area contributed by atoms with E-state index in [2.05, 4.69) is 15.4 Å². The molecule has 0 aliphatic rings. The molecule has 11 nitrogen and oxygen atoms in total. The molecule has 0 aliphatic heterocycles. The lowest BCUT2D eigenvalue weighted by molar-refractivity contribution is -0.393. The van der Waals surface area contributed by atoms with Crippen LogP contribution in [0.1, 0.15) is 26.3 Å². The van der Waals surface area contributed by atoms with Gasteiger partial charge in [-0.2, -0.15) is 5.10 Å². The summed E-state index contributed by atoms with van der Waals surface area (Å²) >= 11 is 0. The van der Waals surface area contributed by atoms with Gasteiger partial charge < -0.3 is 9.32 Å². The molecule has 2 aromatic carbocycles. The van der Waals surface area contributed by atoms with Gasteiger partial charge in [-0.15, -0.1) is 0 Å². The Morgan fingerprint density at radius 3 is 2.41 bits per heavy atom. The van der Waals surface area contributed by atoms with Crippen molar-refractivity contribution in [2.24, 2.45) is 5.10 Å². The second-order valence-corrected chi connectivity index (χ2v) is 6.87. The molecule has 0 unspecified atom stereocenters. The summed E-state index contributed by atoms with van der Waals surface area (Å²) in [6, 6.07) is 10.4. The van der Waals surface area contributed by atoms with Crippen molar-refractivity contribution in [1.82, 2.24) is 0 Å². The summed E-state index contributed by atoms with van der Waals surface area (Å²) in [7, 11) is 0. The van der Waals surface area contributed by atoms with Gasteiger partial charge >= 0.3 is 11.3 Å². The first-order valence-electron chi connectivity index (χ1n) is 9.81. The zero-order valence-electron chi connectivity index (χ0n) is 17.7. The van der Waals surface area contributed by atoms with Crippen LogP contribution < -0.4 is 16.0 Å². The van der Waals surface area contributed by atoms with E-state index >= 15 is 0 Å². The number of nitrogens with one attached hydrogen (secondary N) is 1. The monoisotopic (exact) mass is 439 g/mol. The molecule has 0 atom stereocenters. The van der Waals surface area contributed by atoms with Crippen LogP contribution in [-0.2, 0) is 0 Å². The molecule has 3 aromatic rings. The van der Waals surface area contributed by atoms with Crippen LogP contribution in [0.25, 0.3) is 11.0 Å². The molecule has 0 bridgehead atoms. The van der Waals surface area contributed by atoms with Gasteiger partial charge in [0.2, 0.25) is 0 Å². The minimum Gasteiger partial charge on any atom is -0.422 e. The van der Waals surface area contributed by atoms with Crippen LogP contribution in [0.3, 0.4) is 0 Å². The number of hydrogen-bond donors (Lipinski definition) is 1. The molecule has 1 aromatic heterocycles. The number of nitro benzene ring substituents is 2. The van der Waals surface area contributed by atoms with Crippen molar-refractivity contribution in [3.63, 3.8) is 0 Å². The molecule has 11 heteroatoms. The average Bonchev–Trinajstić information content (AvgIpc) is 2.77. The van der Waals surface area contributed by atoms with Crippen molar-refractivity contribution in [2.45, 2.75) is 20.8 Å². The summed E-state index contributed by atoms with van der Waals surface area (Å²) in [6.45, 7) is 7.25. The summed E-state index contributed by atoms with van der Waals surface area (Å²) < 4.78 is 5.48. The fraction of sp³-hybridized carbons (Fsp3) is 0.238. The number of fused-ring (bicyclic) bond motifs is 1. The maximum absolute atomic E-state index is 12.5. The highest BCUT2D eigenvalue weighted by Crippen LogP contribution is 2.29. The molecule has 166 valence electrons. The first-order chi connectivity index (χ1) is 15.2. The van der Waals surface area contributed by atoms with E-state index in [1.54, 1.807) is 19.1 Å². The lowest BCUT2D eigenvalue weighted by Gasteiger charge is -2.21. The fourth-order valence-electron chi connectivity index (χ4n) is 3.22. The predicted molar refractivity (Wildman–Crippen MR) is 122 cm³/mol. The van der Waals surface area contributed by atoms with Crippen molar-refractivity contribution in [1.29, 1.82) is 0 Å². The van der Waals surface area contributed by atoms with Gasteiger partial charge in [-0.3, -0.25) is 25.7 Å². The van der Waals surface area contributed by atoms with Gasteiger partial charge in [0, 0.05) is 36.3 Å². The van der Waals surface area contributed by atoms with Crippen LogP contribution in [0.2, 0.25) is 0 Å². The lowest BCUT2D eigenvalue weighted by atomic mass is 10.1. The Morgan fingerprint density at radius 1 is 1.06 bits per heavy atom. The molecular formula is C21H21N5O6. The van der Waals surface area contributed by atoms with Gasteiger partial charge in [-0.05, 0) is 45.0 Å². The normalized spacial score (nSPS) is 11.4. The Bertz CT molecular complexity index is 1280. The number of hydrazone groups is 1. The Morgan fingerprint density at radius 2 is 1.78 bits per heavy atom. The summed E-state index contributed by atoms with van der Waals surface area (Å²) in [5.74, 6) is 0. The summed E-state index contributed by atoms with van der Waals surface area (Å²) in [5.41, 5.74) is 2.74. The molecular weight excluding hydrogens is 418 g/mol. The third-order valence-electron chi connectivity index (χ3n) is 4.97. The Balaban J connectivity index is 1.94. The highest BCUT2D eigenvalue weighted by molar-refractivity contribution is 6.01. The standard InChI is InChI=1S/C21H21N5O6/c1-4-24(5-2)15-7-6-14-10-17(21(27)32-20(14)12-15)13(3)22-23-18-9-8-16(25(28)29)11-19(18)26(30)31/h6-12,23H,4-5H2,1-3H3. The van der Waals surface area contributed by atoms with Gasteiger partial charge in [-0.1, -0.05) is 0 Å². The van der Waals surface area contributed by atoms with E-state index in [1.807, 2.05) is 26.0 Å². The number of nitro groups is 2. The van der Waals surface area contributed by atoms with Gasteiger partial charge in [-0.25, -0.2) is 4.79 Å². The second kappa shape index (κ2) is 9.25. The summed E-state index contributed by atoms with van der Waals surface area (Å²) in [4.78, 5) is 35.3. The van der Waals surface area contributed by atoms with Gasteiger partial charge in [0.05, 0.1) is 27.2 Å². The van der Waals surface area contributed by atoms with E-state index in [0.717, 1.165) is 30.9 Å². The average molecular weight is 439 g/mol. The zero-order chi connectivity index (χ0) is 23.4. The molecule has 0 saturated heterocycles. The maximum atomic E-state index is 12.5. The highest BCUT2D eigenvalue weighted by Gasteiger charge is 2.19. The van der Waals surface area contributed by atoms with Gasteiger partial charge in [0.25, 0.3) is 5.69 Å². The molecule has 0 saturated carbocycles. The largest absolute Gasteiger partial charge is 0.422 e. The Hall–Kier alpha value is -4.28. The maximum Gasteiger partial charge on any atom is 0.345 e. The molecule has 0 fully saturated rings. The predicted octanol–water partition coefficient (Wildman–Crippen LogP) is 4.29. The molecule has 32 heavy (non-hydrogen) atoms. The number of benzene rings is 2. The fourth-order valence-corrected chi connectivity index (χ4v) is 3.22. The van der Waals surface area contributed by atoms with E-state index in [9.17, 15) is 25.0 Å². The van der Waals surface area contributed by atoms with Crippen LogP contribution in [-0.4, -0.2) is 28.6 Å². The minimum absolute atomic E-state index is 0.0472. The van der Waals surface area contributed by atoms with Crippen molar-refractivity contribution in [2.75, 3.05) is 23.4 Å². The molecule has 0 aliphatic carbocycles. The smallest absolute Gasteiger partial charge is 0.345 e. The molecule has 3 rings (SSSR count). The van der Waals surface area contributed by atoms with Gasteiger partial charge in [0.15, 0.2) is 0 Å². The number of anilines is 2. The van der Waals surface area contributed by atoms with Crippen molar-refractivity contribution < 1.29 is 14.3 Å². The topological polar surface area (TPSA) is 144 Å². The third-order valence-corrected chi connectivity index (χ3v) is 4.97. The summed E-state index contributed by atoms with van der Waals surface area (Å²) in [6.07, 6.45) is 0. The molecule has 0 radical (unpaired) electrons. The van der Waals surface area contributed by atoms with E-state index in [0.29, 0.717) is 11.0 Å². The number of non-ortho nitro benzene ring substituents is 1. The Labute approximate surface area is 182 Å².